The van der Waals surface area contributed by atoms with Crippen molar-refractivity contribution in [1.29, 1.82) is 0 Å². The zero-order chi connectivity index (χ0) is 97.1. The summed E-state index contributed by atoms with van der Waals surface area (Å²) in [4.78, 5) is 234. The van der Waals surface area contributed by atoms with E-state index in [1.807, 2.05) is 27.7 Å². The lowest BCUT2D eigenvalue weighted by Gasteiger charge is -2.34. The third-order valence-corrected chi connectivity index (χ3v) is 23.3. The minimum absolute atomic E-state index is 0.00675. The van der Waals surface area contributed by atoms with E-state index < -0.39 is 174 Å². The van der Waals surface area contributed by atoms with Gasteiger partial charge in [-0.3, -0.25) is 82.1 Å². The first-order valence-electron chi connectivity index (χ1n) is 46.5. The van der Waals surface area contributed by atoms with Gasteiger partial charge in [-0.2, -0.15) is 0 Å². The molecular formula is C89H148N28O15. The highest BCUT2D eigenvalue weighted by molar-refractivity contribution is 6.01. The predicted octanol–water partition coefficient (Wildman–Crippen LogP) is -3.20. The second-order valence-corrected chi connectivity index (χ2v) is 35.4. The Hall–Kier alpha value is -12.0. The summed E-state index contributed by atoms with van der Waals surface area (Å²) >= 11 is 0. The maximum absolute atomic E-state index is 15.5. The van der Waals surface area contributed by atoms with Crippen LogP contribution in [0.3, 0.4) is 0 Å². The molecule has 3 aliphatic heterocycles. The number of H-pyrrole nitrogens is 1. The Morgan fingerprint density at radius 3 is 1.25 bits per heavy atom. The van der Waals surface area contributed by atoms with Crippen LogP contribution in [0.15, 0.2) is 69.7 Å². The number of nitrogens with zero attached hydrogens (tertiary/aromatic N) is 7. The monoisotopic (exact) mass is 1850 g/mol. The summed E-state index contributed by atoms with van der Waals surface area (Å²) in [6.07, 6.45) is 4.57. The van der Waals surface area contributed by atoms with Gasteiger partial charge >= 0.3 is 0 Å². The summed E-state index contributed by atoms with van der Waals surface area (Å²) in [6.45, 7) is 9.99. The number of rotatable bonds is 37. The fraction of sp³-hybridized carbons (Fsp3) is 0.652. The van der Waals surface area contributed by atoms with Crippen LogP contribution in [0.4, 0.5) is 0 Å². The second-order valence-electron chi connectivity index (χ2n) is 35.4. The molecule has 4 heterocycles. The Balaban J connectivity index is 1.52. The number of amides is 14. The van der Waals surface area contributed by atoms with E-state index in [4.69, 9.17) is 57.3 Å². The summed E-state index contributed by atoms with van der Waals surface area (Å²) in [6, 6.07) is -3.74. The lowest BCUT2D eigenvalue weighted by molar-refractivity contribution is -0.148. The molecule has 0 unspecified atom stereocenters. The van der Waals surface area contributed by atoms with Crippen LogP contribution in [0.5, 0.6) is 5.75 Å². The fourth-order valence-electron chi connectivity index (χ4n) is 16.4. The average Bonchev–Trinajstić information content (AvgIpc) is 1.66. The first-order chi connectivity index (χ1) is 63.0. The van der Waals surface area contributed by atoms with Crippen LogP contribution in [0, 0.1) is 17.8 Å². The third-order valence-electron chi connectivity index (χ3n) is 23.3. The molecule has 132 heavy (non-hydrogen) atoms. The van der Waals surface area contributed by atoms with E-state index in [2.05, 4.69) is 73.1 Å². The van der Waals surface area contributed by atoms with Gasteiger partial charge in [0.1, 0.15) is 78.3 Å². The summed E-state index contributed by atoms with van der Waals surface area (Å²) in [7, 11) is 0. The number of nitrogens with one attached hydrogen (secondary N) is 11. The van der Waals surface area contributed by atoms with Crippen LogP contribution in [0.2, 0.25) is 0 Å². The molecule has 3 aromatic rings. The Morgan fingerprint density at radius 1 is 0.394 bits per heavy atom. The van der Waals surface area contributed by atoms with E-state index in [9.17, 15) is 24.3 Å². The largest absolute Gasteiger partial charge is 0.508 e. The minimum Gasteiger partial charge on any atom is -0.508 e. The van der Waals surface area contributed by atoms with Gasteiger partial charge in [0.05, 0.1) is 13.1 Å². The topological polar surface area (TPSA) is 706 Å². The number of aromatic amines is 1. The van der Waals surface area contributed by atoms with Gasteiger partial charge in [-0.25, -0.2) is 0 Å². The minimum atomic E-state index is -1.57. The zero-order valence-electron chi connectivity index (χ0n) is 77.6. The Morgan fingerprint density at radius 2 is 0.773 bits per heavy atom. The van der Waals surface area contributed by atoms with Gasteiger partial charge in [-0.15, -0.1) is 0 Å². The molecule has 43 nitrogen and oxygen atoms in total. The number of guanidine groups is 3. The fourth-order valence-corrected chi connectivity index (χ4v) is 16.4. The van der Waals surface area contributed by atoms with Gasteiger partial charge < -0.3 is 140 Å². The molecule has 6 rings (SSSR count). The van der Waals surface area contributed by atoms with Gasteiger partial charge in [0.2, 0.25) is 82.7 Å². The van der Waals surface area contributed by atoms with Crippen LogP contribution in [0.25, 0.3) is 10.9 Å². The van der Waals surface area contributed by atoms with Crippen LogP contribution in [-0.2, 0) is 80.0 Å². The number of para-hydroxylation sites is 1. The number of carbonyl (C=O) groups excluding carboxylic acids is 14. The highest BCUT2D eigenvalue weighted by Crippen LogP contribution is 2.29. The normalized spacial score (nSPS) is 23.1. The number of aliphatic imine (C=N–C) groups is 3. The Labute approximate surface area is 772 Å². The van der Waals surface area contributed by atoms with E-state index in [0.717, 1.165) is 0 Å². The molecule has 14 amide bonds. The van der Waals surface area contributed by atoms with Crippen molar-refractivity contribution in [2.75, 3.05) is 85.1 Å². The Kier molecular flexibility index (Phi) is 46.7. The molecule has 43 heteroatoms. The number of aromatic hydroxyl groups is 1. The first-order valence-corrected chi connectivity index (χ1v) is 46.5. The van der Waals surface area contributed by atoms with Crippen molar-refractivity contribution in [1.82, 2.24) is 77.8 Å². The number of phenols is 1. The second kappa shape index (κ2) is 56.7. The number of hydrogen-bond donors (Lipinski definition) is 22. The van der Waals surface area contributed by atoms with Gasteiger partial charge in [0.15, 0.2) is 17.9 Å². The average molecular weight is 1850 g/mol. The van der Waals surface area contributed by atoms with Gasteiger partial charge in [0.25, 0.3) is 0 Å². The van der Waals surface area contributed by atoms with E-state index in [0.29, 0.717) is 67.0 Å². The van der Waals surface area contributed by atoms with Crippen molar-refractivity contribution in [2.24, 2.45) is 90.1 Å². The summed E-state index contributed by atoms with van der Waals surface area (Å²) in [5.74, 6) is -13.2. The zero-order valence-corrected chi connectivity index (χ0v) is 77.6. The molecule has 0 spiro atoms. The maximum atomic E-state index is 15.5. The SMILES string of the molecule is CC(C)C[C@@H]1NC(=O)[C@@H]2CCCN2C(=O)[C@H]2CCCN2C(=O)[C@H](C(C)C)NC(=O)[C@H](CCCN=C(N)N)NC(=O)[C@H](Cc2ccc(O)cc2)NC(=O)[C@H](CCCCN)NC(=O)[C@H](Cc2c[nH]c3ccccc23)NC(=O)[C@H](CCCN=C(N)N)NC(=O)CN(CCCCN)C(=O)[C@H](CCCCN)NC(=O)CN(CCCCN)C(=O)[C@H](CC(C)C)NC(=O)[C@H](CCCN=C(N)N)NC1=O. The number of fused-ring (bicyclic) bond motifs is 3. The summed E-state index contributed by atoms with van der Waals surface area (Å²) in [5, 5.41) is 39.4. The molecule has 12 atom stereocenters. The van der Waals surface area contributed by atoms with E-state index in [1.54, 1.807) is 44.3 Å². The number of carbonyl (C=O) groups is 14. The molecule has 0 radical (unpaired) electrons. The van der Waals surface area contributed by atoms with Crippen LogP contribution in [0.1, 0.15) is 194 Å². The van der Waals surface area contributed by atoms with Crippen molar-refractivity contribution in [3.8, 4) is 5.75 Å². The van der Waals surface area contributed by atoms with Crippen molar-refractivity contribution in [3.63, 3.8) is 0 Å². The number of hydrogen-bond acceptors (Lipinski definition) is 22. The highest BCUT2D eigenvalue weighted by Gasteiger charge is 2.46. The third kappa shape index (κ3) is 36.3. The smallest absolute Gasteiger partial charge is 0.246 e. The van der Waals surface area contributed by atoms with Crippen molar-refractivity contribution >= 4 is 111 Å². The van der Waals surface area contributed by atoms with Gasteiger partial charge in [0, 0.05) is 75.8 Å². The summed E-state index contributed by atoms with van der Waals surface area (Å²) < 4.78 is 0. The highest BCUT2D eigenvalue weighted by atomic mass is 16.3. The van der Waals surface area contributed by atoms with Crippen LogP contribution in [-0.4, -0.2) is 288 Å². The standard InChI is InChI=1S/C89H148N28O15/c1-53(2)46-66-79(125)107-63(27-18-40-101-88(96)97)77(123)112-69(47-54(3)4)84(130)115(43-16-14-38-93)52-73(120)105-65(25-10-12-36-91)83(129)114(42-15-13-37-92)51-72(119)104-61(26-17-39-100-87(94)95)75(121)110-68(49-57-50-103-60-23-8-7-22-59(57)60)81(127)106-62(24-9-11-35-90)76(122)109-67(48-56-31-33-58(118)34-32-56)80(126)108-64(28-19-41-102-89(98)99)78(124)113-74(55(5)6)86(132)117-45-21-30-71(117)85(131)116-44-20-29-70(116)82(128)111-66/h7-8,22-23,31-34,50,53-55,61-71,74,103,118H,9-21,24-30,35-49,51-52,90-93H2,1-6H3,(H,104,119)(H,105,120)(H,106,127)(H,107,125)(H,108,126)(H,109,122)(H,110,121)(H,111,128)(H,112,123)(H,113,124)(H4,94,95,100)(H4,96,97,101)(H4,98,99,102)/t61-,62-,63-,64-,65-,66-,67-,68-,69-,70-,71+,74-/m0/s1. The molecule has 3 fully saturated rings. The van der Waals surface area contributed by atoms with E-state index in [-0.39, 0.29) is 217 Å². The molecule has 734 valence electrons. The quantitative estimate of drug-likeness (QED) is 0.0154. The van der Waals surface area contributed by atoms with Crippen molar-refractivity contribution in [2.45, 2.75) is 268 Å². The van der Waals surface area contributed by atoms with Crippen molar-refractivity contribution in [3.05, 3.63) is 65.9 Å². The van der Waals surface area contributed by atoms with Crippen LogP contribution < -0.4 is 111 Å². The molecule has 0 aliphatic carbocycles. The predicted molar refractivity (Wildman–Crippen MR) is 502 cm³/mol. The van der Waals surface area contributed by atoms with Gasteiger partial charge in [-0.05, 0) is 215 Å². The van der Waals surface area contributed by atoms with E-state index in [1.165, 1.54) is 43.9 Å². The molecular weight excluding hydrogens is 1700 g/mol. The number of unbranched alkanes of at least 4 members (excludes halogenated alkanes) is 4. The number of benzene rings is 2. The van der Waals surface area contributed by atoms with Gasteiger partial charge in [-0.1, -0.05) is 71.9 Å². The molecule has 0 bridgehead atoms. The number of phenolic OH excluding ortho intramolecular Hbond substituents is 1. The molecule has 3 saturated heterocycles. The lowest BCUT2D eigenvalue weighted by Crippen LogP contribution is -2.61. The maximum Gasteiger partial charge on any atom is 0.246 e. The van der Waals surface area contributed by atoms with Crippen LogP contribution >= 0.6 is 0 Å². The molecule has 32 N–H and O–H groups in total. The molecule has 2 aromatic carbocycles. The van der Waals surface area contributed by atoms with E-state index >= 15 is 47.9 Å². The molecule has 0 saturated carbocycles. The number of aromatic nitrogens is 1. The molecule has 1 aromatic heterocycles. The number of nitrogens with two attached hydrogens (primary N) is 10. The summed E-state index contributed by atoms with van der Waals surface area (Å²) in [5.41, 5.74) is 60.0. The Bertz CT molecular complexity index is 4360. The lowest BCUT2D eigenvalue weighted by atomic mass is 9.99. The van der Waals surface area contributed by atoms with Crippen molar-refractivity contribution < 1.29 is 72.2 Å². The first kappa shape index (κ1) is 109. The molecule has 3 aliphatic rings.